The Balaban J connectivity index is 1.72. The summed E-state index contributed by atoms with van der Waals surface area (Å²) >= 11 is 25.5. The second-order valence-corrected chi connectivity index (χ2v) is 8.83. The van der Waals surface area contributed by atoms with Gasteiger partial charge in [-0.1, -0.05) is 64.2 Å². The zero-order chi connectivity index (χ0) is 19.7. The predicted molar refractivity (Wildman–Crippen MR) is 111 cm³/mol. The number of fused-ring (bicyclic) bond motifs is 1. The van der Waals surface area contributed by atoms with Crippen LogP contribution in [0.3, 0.4) is 0 Å². The molecule has 2 heterocycles. The van der Waals surface area contributed by atoms with E-state index >= 15 is 0 Å². The van der Waals surface area contributed by atoms with Crippen molar-refractivity contribution in [3.05, 3.63) is 56.1 Å². The second-order valence-electron chi connectivity index (χ2n) is 5.84. The lowest BCUT2D eigenvalue weighted by molar-refractivity contribution is -0.120. The van der Waals surface area contributed by atoms with Crippen LogP contribution in [0.4, 0.5) is 0 Å². The summed E-state index contributed by atoms with van der Waals surface area (Å²) in [5.74, 6) is -0.164. The molecule has 0 bridgehead atoms. The minimum atomic E-state index is -0.427. The molecule has 2 atom stereocenters. The molecule has 10 heteroatoms. The zero-order valence-electron chi connectivity index (χ0n) is 14.2. The Labute approximate surface area is 180 Å². The fraction of sp³-hybridized carbons (Fsp3) is 0.235. The Hall–Kier alpha value is -1.18. The van der Waals surface area contributed by atoms with Gasteiger partial charge in [-0.2, -0.15) is 0 Å². The van der Waals surface area contributed by atoms with Gasteiger partial charge in [0.1, 0.15) is 0 Å². The summed E-state index contributed by atoms with van der Waals surface area (Å²) in [4.78, 5) is 12.6. The van der Waals surface area contributed by atoms with Gasteiger partial charge >= 0.3 is 0 Å². The van der Waals surface area contributed by atoms with Gasteiger partial charge in [0.15, 0.2) is 10.8 Å². The first-order chi connectivity index (χ1) is 12.8. The predicted octanol–water partition coefficient (Wildman–Crippen LogP) is 5.70. The highest BCUT2D eigenvalue weighted by atomic mass is 35.5. The number of thioether (sulfide) groups is 1. The molecule has 1 N–H and O–H groups in total. The van der Waals surface area contributed by atoms with Gasteiger partial charge in [0.05, 0.1) is 21.3 Å². The smallest absolute Gasteiger partial charge is 0.233 e. The maximum absolute atomic E-state index is 12.6. The molecule has 0 aliphatic carbocycles. The van der Waals surface area contributed by atoms with Gasteiger partial charge in [-0.05, 0) is 37.6 Å². The van der Waals surface area contributed by atoms with Gasteiger partial charge < -0.3 is 5.32 Å². The molecular weight excluding hydrogens is 450 g/mol. The molecule has 142 valence electrons. The topological polar surface area (TPSA) is 59.3 Å². The second kappa shape index (κ2) is 8.45. The quantitative estimate of drug-likeness (QED) is 0.493. The van der Waals surface area contributed by atoms with Crippen LogP contribution in [-0.2, 0) is 4.79 Å². The molecule has 0 fully saturated rings. The minimum Gasteiger partial charge on any atom is -0.349 e. The van der Waals surface area contributed by atoms with Crippen LogP contribution < -0.4 is 5.32 Å². The van der Waals surface area contributed by atoms with Gasteiger partial charge in [-0.25, -0.2) is 0 Å². The standard InChI is InChI=1S/C17H14Cl4N4OS/c1-8(12-4-3-10(18)5-13(12)20)22-16(26)9(2)27-17-24-23-15-14(21)6-11(19)7-25(15)17/h3-9H,1-2H3,(H,22,26). The largest absolute Gasteiger partial charge is 0.349 e. The average Bonchev–Trinajstić information content (AvgIpc) is 2.97. The summed E-state index contributed by atoms with van der Waals surface area (Å²) < 4.78 is 1.67. The molecule has 3 aromatic rings. The third-order valence-electron chi connectivity index (χ3n) is 3.83. The fourth-order valence-electron chi connectivity index (χ4n) is 2.46. The number of hydrogen-bond acceptors (Lipinski definition) is 4. The number of nitrogens with zero attached hydrogens (tertiary/aromatic N) is 3. The van der Waals surface area contributed by atoms with Crippen LogP contribution in [0.5, 0.6) is 0 Å². The molecule has 27 heavy (non-hydrogen) atoms. The molecule has 0 saturated carbocycles. The van der Waals surface area contributed by atoms with Crippen LogP contribution in [-0.4, -0.2) is 25.8 Å². The summed E-state index contributed by atoms with van der Waals surface area (Å²) in [6.07, 6.45) is 1.66. The normalized spacial score (nSPS) is 13.6. The van der Waals surface area contributed by atoms with Crippen molar-refractivity contribution < 1.29 is 4.79 Å². The monoisotopic (exact) mass is 462 g/mol. The summed E-state index contributed by atoms with van der Waals surface area (Å²) in [6, 6.07) is 6.50. The van der Waals surface area contributed by atoms with Crippen LogP contribution in [0.2, 0.25) is 20.1 Å². The van der Waals surface area contributed by atoms with Crippen molar-refractivity contribution in [3.8, 4) is 0 Å². The van der Waals surface area contributed by atoms with Crippen molar-refractivity contribution in [1.82, 2.24) is 19.9 Å². The van der Waals surface area contributed by atoms with Crippen molar-refractivity contribution in [2.24, 2.45) is 0 Å². The van der Waals surface area contributed by atoms with E-state index in [0.29, 0.717) is 30.9 Å². The van der Waals surface area contributed by atoms with Gasteiger partial charge in [-0.15, -0.1) is 10.2 Å². The molecule has 2 aromatic heterocycles. The van der Waals surface area contributed by atoms with Gasteiger partial charge in [0, 0.05) is 16.2 Å². The SMILES string of the molecule is CC(Sc1nnc2c(Cl)cc(Cl)cn12)C(=O)NC(C)c1ccc(Cl)cc1Cl. The lowest BCUT2D eigenvalue weighted by Crippen LogP contribution is -2.33. The number of rotatable bonds is 5. The molecule has 0 aliphatic rings. The van der Waals surface area contributed by atoms with E-state index in [-0.39, 0.29) is 11.9 Å². The first-order valence-corrected chi connectivity index (χ1v) is 10.3. The first kappa shape index (κ1) is 20.6. The van der Waals surface area contributed by atoms with E-state index in [4.69, 9.17) is 46.4 Å². The molecular formula is C17H14Cl4N4OS. The van der Waals surface area contributed by atoms with Gasteiger partial charge in [0.25, 0.3) is 0 Å². The first-order valence-electron chi connectivity index (χ1n) is 7.88. The third-order valence-corrected chi connectivity index (χ3v) is 5.94. The molecule has 5 nitrogen and oxygen atoms in total. The lowest BCUT2D eigenvalue weighted by Gasteiger charge is -2.18. The van der Waals surface area contributed by atoms with Crippen LogP contribution in [0.25, 0.3) is 5.65 Å². The Kier molecular flexibility index (Phi) is 6.43. The summed E-state index contributed by atoms with van der Waals surface area (Å²) in [7, 11) is 0. The van der Waals surface area contributed by atoms with E-state index in [1.807, 2.05) is 6.92 Å². The maximum atomic E-state index is 12.6. The van der Waals surface area contributed by atoms with E-state index < -0.39 is 5.25 Å². The van der Waals surface area contributed by atoms with E-state index in [9.17, 15) is 4.79 Å². The van der Waals surface area contributed by atoms with Crippen molar-refractivity contribution in [2.45, 2.75) is 30.3 Å². The van der Waals surface area contributed by atoms with Crippen molar-refractivity contribution in [1.29, 1.82) is 0 Å². The molecule has 0 radical (unpaired) electrons. The van der Waals surface area contributed by atoms with E-state index in [1.54, 1.807) is 41.8 Å². The van der Waals surface area contributed by atoms with E-state index in [1.165, 1.54) is 11.8 Å². The Bertz CT molecular complexity index is 1010. The molecule has 1 amide bonds. The molecule has 1 aromatic carbocycles. The van der Waals surface area contributed by atoms with E-state index in [2.05, 4.69) is 15.5 Å². The highest BCUT2D eigenvalue weighted by molar-refractivity contribution is 8.00. The Morgan fingerprint density at radius 1 is 1.07 bits per heavy atom. The molecule has 2 unspecified atom stereocenters. The van der Waals surface area contributed by atoms with Crippen LogP contribution in [0, 0.1) is 0 Å². The molecule has 0 saturated heterocycles. The number of aromatic nitrogens is 3. The lowest BCUT2D eigenvalue weighted by atomic mass is 10.1. The average molecular weight is 464 g/mol. The zero-order valence-corrected chi connectivity index (χ0v) is 18.1. The van der Waals surface area contributed by atoms with Crippen LogP contribution in [0.1, 0.15) is 25.5 Å². The van der Waals surface area contributed by atoms with E-state index in [0.717, 1.165) is 5.56 Å². The molecule has 3 rings (SSSR count). The van der Waals surface area contributed by atoms with Gasteiger partial charge in [-0.3, -0.25) is 9.20 Å². The highest BCUT2D eigenvalue weighted by Crippen LogP contribution is 2.29. The Morgan fingerprint density at radius 3 is 2.48 bits per heavy atom. The number of nitrogens with one attached hydrogen (secondary N) is 1. The number of pyridine rings is 1. The van der Waals surface area contributed by atoms with Crippen molar-refractivity contribution >= 4 is 69.7 Å². The molecule has 0 spiro atoms. The summed E-state index contributed by atoms with van der Waals surface area (Å²) in [5.41, 5.74) is 1.27. The Morgan fingerprint density at radius 2 is 1.78 bits per heavy atom. The number of amides is 1. The van der Waals surface area contributed by atoms with Crippen LogP contribution in [0.15, 0.2) is 35.6 Å². The summed E-state index contributed by atoms with van der Waals surface area (Å²) in [6.45, 7) is 3.64. The third kappa shape index (κ3) is 4.63. The maximum Gasteiger partial charge on any atom is 0.233 e. The fourth-order valence-corrected chi connectivity index (χ4v) is 4.37. The number of hydrogen-bond donors (Lipinski definition) is 1. The summed E-state index contributed by atoms with van der Waals surface area (Å²) in [5, 5.41) is 13.1. The molecule has 0 aliphatic heterocycles. The number of halogens is 4. The van der Waals surface area contributed by atoms with Gasteiger partial charge in [0.2, 0.25) is 5.91 Å². The van der Waals surface area contributed by atoms with Crippen molar-refractivity contribution in [2.75, 3.05) is 0 Å². The number of carbonyl (C=O) groups excluding carboxylic acids is 1. The number of benzene rings is 1. The van der Waals surface area contributed by atoms with Crippen LogP contribution >= 0.6 is 58.2 Å². The van der Waals surface area contributed by atoms with Crippen molar-refractivity contribution in [3.63, 3.8) is 0 Å². The minimum absolute atomic E-state index is 0.164. The number of carbonyl (C=O) groups is 1. The highest BCUT2D eigenvalue weighted by Gasteiger charge is 2.21.